The maximum atomic E-state index is 14.0. The van der Waals surface area contributed by atoms with Crippen LogP contribution in [0.3, 0.4) is 0 Å². The zero-order valence-corrected chi connectivity index (χ0v) is 40.1. The molecule has 4 N–H and O–H groups in total. The second-order valence-electron chi connectivity index (χ2n) is 19.1. The number of aromatic amines is 2. The van der Waals surface area contributed by atoms with Crippen molar-refractivity contribution in [1.82, 2.24) is 40.4 Å². The van der Waals surface area contributed by atoms with Crippen LogP contribution < -0.4 is 15.5 Å². The summed E-state index contributed by atoms with van der Waals surface area (Å²) in [5, 5.41) is 5.33. The van der Waals surface area contributed by atoms with Crippen molar-refractivity contribution in [3.8, 4) is 0 Å². The lowest BCUT2D eigenvalue weighted by Gasteiger charge is -2.34. The molecule has 8 atom stereocenters. The zero-order chi connectivity index (χ0) is 47.7. The molecule has 3 fully saturated rings. The predicted octanol–water partition coefficient (Wildman–Crippen LogP) is 7.67. The van der Waals surface area contributed by atoms with Gasteiger partial charge in [0.15, 0.2) is 0 Å². The molecule has 0 saturated carbocycles. The van der Waals surface area contributed by atoms with Crippen molar-refractivity contribution < 1.29 is 38.1 Å². The first-order valence-corrected chi connectivity index (χ1v) is 23.4. The largest absolute Gasteiger partial charge is 0.453 e. The summed E-state index contributed by atoms with van der Waals surface area (Å²) in [6.45, 7) is 11.2. The number of methoxy groups -OCH3 is 4. The number of alkyl carbamates (subject to hydrolysis) is 2. The molecule has 3 saturated heterocycles. The van der Waals surface area contributed by atoms with E-state index in [-0.39, 0.29) is 41.4 Å². The summed E-state index contributed by atoms with van der Waals surface area (Å²) < 4.78 is 20.6. The summed E-state index contributed by atoms with van der Waals surface area (Å²) in [6, 6.07) is 19.5. The summed E-state index contributed by atoms with van der Waals surface area (Å²) in [5.74, 6) is 0.922. The molecular weight excluding hydrogens is 855 g/mol. The van der Waals surface area contributed by atoms with E-state index in [1.54, 1.807) is 23.6 Å². The number of hydrogen-bond donors (Lipinski definition) is 4. The number of nitrogens with zero attached hydrogens (tertiary/aromatic N) is 5. The number of amides is 4. The molecule has 3 aliphatic heterocycles. The van der Waals surface area contributed by atoms with E-state index in [0.29, 0.717) is 24.7 Å². The topological polar surface area (TPSA) is 196 Å². The number of anilines is 1. The maximum Gasteiger partial charge on any atom is 0.407 e. The number of fused-ring (bicyclic) bond motifs is 2. The third-order valence-electron chi connectivity index (χ3n) is 14.1. The fourth-order valence-electron chi connectivity index (χ4n) is 10.2. The molecule has 5 aromatic rings. The third-order valence-corrected chi connectivity index (χ3v) is 14.1. The Morgan fingerprint density at radius 2 is 1.06 bits per heavy atom. The quantitative estimate of drug-likeness (QED) is 0.0905. The number of benzene rings is 3. The molecule has 2 aromatic heterocycles. The Bertz CT molecular complexity index is 2440. The van der Waals surface area contributed by atoms with Crippen LogP contribution in [0, 0.1) is 0 Å². The van der Waals surface area contributed by atoms with Crippen LogP contribution in [0.5, 0.6) is 0 Å². The van der Waals surface area contributed by atoms with Gasteiger partial charge in [0, 0.05) is 33.0 Å². The number of imidazole rings is 2. The summed E-state index contributed by atoms with van der Waals surface area (Å²) in [4.78, 5) is 75.7. The first kappa shape index (κ1) is 47.3. The number of H-pyrrole nitrogens is 2. The van der Waals surface area contributed by atoms with Gasteiger partial charge in [-0.2, -0.15) is 0 Å². The lowest BCUT2D eigenvalue weighted by molar-refractivity contribution is -0.138. The highest BCUT2D eigenvalue weighted by Gasteiger charge is 2.41. The van der Waals surface area contributed by atoms with Crippen molar-refractivity contribution in [3.05, 3.63) is 89.0 Å². The number of carbonyl (C=O) groups excluding carboxylic acids is 4. The van der Waals surface area contributed by atoms with E-state index in [1.165, 1.54) is 34.0 Å². The normalized spacial score (nSPS) is 21.7. The molecule has 8 rings (SSSR count). The summed E-state index contributed by atoms with van der Waals surface area (Å²) >= 11 is 0. The number of hydrogen-bond acceptors (Lipinski definition) is 11. The van der Waals surface area contributed by atoms with Crippen molar-refractivity contribution in [1.29, 1.82) is 0 Å². The SMILES string of the molecule is COC(=O)NC(C(=O)N1CCCC1c1nc2ccc(C3CCC(c4ccc5nc(C6CCCN6C(=O)C(NC(=O)OC)C(C)OC)[nH]c5c4)N3c3ccc(C(C)(C)C)cc3)cc2[nH]1)C(C)OC. The Balaban J connectivity index is 1.08. The summed E-state index contributed by atoms with van der Waals surface area (Å²) in [5.41, 5.74) is 8.09. The average Bonchev–Trinajstić information content (AvgIpc) is 4.19. The Kier molecular flexibility index (Phi) is 13.8. The summed E-state index contributed by atoms with van der Waals surface area (Å²) in [7, 11) is 5.56. The van der Waals surface area contributed by atoms with Gasteiger partial charge in [-0.1, -0.05) is 45.0 Å². The Morgan fingerprint density at radius 3 is 1.45 bits per heavy atom. The third kappa shape index (κ3) is 9.53. The van der Waals surface area contributed by atoms with Gasteiger partial charge in [-0.05, 0) is 111 Å². The van der Waals surface area contributed by atoms with Gasteiger partial charge in [0.1, 0.15) is 23.7 Å². The van der Waals surface area contributed by atoms with Gasteiger partial charge in [-0.25, -0.2) is 19.6 Å². The fourth-order valence-corrected chi connectivity index (χ4v) is 10.2. The maximum absolute atomic E-state index is 14.0. The number of carbonyl (C=O) groups is 4. The minimum absolute atomic E-state index is 0.00428. The van der Waals surface area contributed by atoms with Crippen LogP contribution in [0.2, 0.25) is 0 Å². The van der Waals surface area contributed by atoms with Gasteiger partial charge in [0.25, 0.3) is 0 Å². The van der Waals surface area contributed by atoms with E-state index >= 15 is 0 Å². The Hall–Kier alpha value is -6.20. The highest BCUT2D eigenvalue weighted by atomic mass is 16.5. The molecule has 17 nitrogen and oxygen atoms in total. The molecule has 358 valence electrons. The van der Waals surface area contributed by atoms with Crippen LogP contribution in [0.15, 0.2) is 60.7 Å². The molecule has 0 bridgehead atoms. The minimum Gasteiger partial charge on any atom is -0.453 e. The predicted molar refractivity (Wildman–Crippen MR) is 253 cm³/mol. The van der Waals surface area contributed by atoms with E-state index in [0.717, 1.165) is 77.4 Å². The molecular formula is C50H65N9O8. The van der Waals surface area contributed by atoms with E-state index in [2.05, 4.69) is 107 Å². The molecule has 0 aliphatic carbocycles. The van der Waals surface area contributed by atoms with Gasteiger partial charge in [-0.15, -0.1) is 0 Å². The summed E-state index contributed by atoms with van der Waals surface area (Å²) in [6.07, 6.45) is 2.33. The van der Waals surface area contributed by atoms with E-state index in [9.17, 15) is 19.2 Å². The first-order valence-electron chi connectivity index (χ1n) is 23.4. The minimum atomic E-state index is -0.918. The molecule has 3 aromatic carbocycles. The van der Waals surface area contributed by atoms with Crippen LogP contribution in [-0.2, 0) is 34.0 Å². The lowest BCUT2D eigenvalue weighted by atomic mass is 9.87. The molecule has 4 amide bonds. The van der Waals surface area contributed by atoms with E-state index in [4.69, 9.17) is 28.9 Å². The monoisotopic (exact) mass is 919 g/mol. The standard InChI is InChI=1S/C50H65N9O8/c1-28(64-6)42(55-48(62)66-8)46(60)57-24-10-12-40(57)44-51-34-20-14-30(26-36(34)53-44)38-22-23-39(59(38)33-18-16-32(17-19-33)50(3,4)5)31-15-21-35-37(27-31)54-45(52-35)41-13-11-25-58(41)47(61)43(29(2)65-7)56-49(63)67-9/h14-21,26-29,38-43H,10-13,22-25H2,1-9H3,(H,51,53)(H,52,54)(H,55,62)(H,56,63). The fraction of sp³-hybridized carbons (Fsp3) is 0.520. The van der Waals surface area contributed by atoms with Crippen molar-refractivity contribution in [2.45, 2.75) is 127 Å². The molecule has 3 aliphatic rings. The van der Waals surface area contributed by atoms with Gasteiger partial charge in [0.05, 0.1) is 72.7 Å². The highest BCUT2D eigenvalue weighted by molar-refractivity contribution is 5.88. The van der Waals surface area contributed by atoms with Crippen molar-refractivity contribution in [2.75, 3.05) is 46.4 Å². The second-order valence-corrected chi connectivity index (χ2v) is 19.1. The van der Waals surface area contributed by atoms with Crippen LogP contribution in [0.4, 0.5) is 15.3 Å². The second kappa shape index (κ2) is 19.6. The van der Waals surface area contributed by atoms with Gasteiger partial charge < -0.3 is 54.2 Å². The number of rotatable bonds is 13. The Morgan fingerprint density at radius 1 is 0.627 bits per heavy atom. The van der Waals surface area contributed by atoms with E-state index < -0.39 is 36.5 Å². The van der Waals surface area contributed by atoms with E-state index in [1.807, 2.05) is 0 Å². The van der Waals surface area contributed by atoms with Gasteiger partial charge in [0.2, 0.25) is 11.8 Å². The zero-order valence-electron chi connectivity index (χ0n) is 40.1. The number of ether oxygens (including phenoxy) is 4. The number of likely N-dealkylation sites (tertiary alicyclic amines) is 2. The van der Waals surface area contributed by atoms with Crippen LogP contribution in [0.25, 0.3) is 22.1 Å². The number of aromatic nitrogens is 4. The smallest absolute Gasteiger partial charge is 0.407 e. The van der Waals surface area contributed by atoms with Crippen molar-refractivity contribution in [3.63, 3.8) is 0 Å². The highest BCUT2D eigenvalue weighted by Crippen LogP contribution is 2.48. The first-order chi connectivity index (χ1) is 32.1. The molecule has 17 heteroatoms. The molecule has 8 unspecified atom stereocenters. The van der Waals surface area contributed by atoms with Crippen molar-refractivity contribution in [2.24, 2.45) is 0 Å². The van der Waals surface area contributed by atoms with Crippen molar-refractivity contribution >= 4 is 51.8 Å². The molecule has 67 heavy (non-hydrogen) atoms. The number of nitrogens with one attached hydrogen (secondary N) is 4. The lowest BCUT2D eigenvalue weighted by Crippen LogP contribution is -2.54. The van der Waals surface area contributed by atoms with Gasteiger partial charge >= 0.3 is 12.2 Å². The molecule has 0 radical (unpaired) electrons. The molecule has 0 spiro atoms. The van der Waals surface area contributed by atoms with Crippen LogP contribution >= 0.6 is 0 Å². The average molecular weight is 920 g/mol. The van der Waals surface area contributed by atoms with Crippen LogP contribution in [-0.4, -0.2) is 120 Å². The van der Waals surface area contributed by atoms with Gasteiger partial charge in [-0.3, -0.25) is 9.59 Å². The molecule has 5 heterocycles. The van der Waals surface area contributed by atoms with Crippen LogP contribution in [0.1, 0.15) is 126 Å². The Labute approximate surface area is 391 Å².